The van der Waals surface area contributed by atoms with Gasteiger partial charge in [-0.15, -0.1) is 0 Å². The van der Waals surface area contributed by atoms with Crippen LogP contribution in [0.15, 0.2) is 35.4 Å². The smallest absolute Gasteiger partial charge is 0.335 e. The van der Waals surface area contributed by atoms with E-state index in [9.17, 15) is 13.2 Å². The summed E-state index contributed by atoms with van der Waals surface area (Å²) in [6, 6.07) is 5.66. The standard InChI is InChI=1S/C15H19N3O4S/c1-2-17-7-12-9-18(10-13(12)8-17)23(21,22)16-14-5-3-11(4-6-14)15(19)20/h3-6,16H,2,7-10H2,1H3,(H,19,20). The fourth-order valence-electron chi connectivity index (χ4n) is 2.91. The quantitative estimate of drug-likeness (QED) is 0.782. The van der Waals surface area contributed by atoms with Crippen LogP contribution in [-0.2, 0) is 10.2 Å². The number of likely N-dealkylation sites (N-methyl/N-ethyl adjacent to an activating group) is 1. The van der Waals surface area contributed by atoms with Crippen LogP contribution in [0.25, 0.3) is 0 Å². The van der Waals surface area contributed by atoms with Crippen molar-refractivity contribution in [2.24, 2.45) is 0 Å². The van der Waals surface area contributed by atoms with Crippen molar-refractivity contribution in [3.63, 3.8) is 0 Å². The summed E-state index contributed by atoms with van der Waals surface area (Å²) in [5.41, 5.74) is 2.86. The molecule has 0 radical (unpaired) electrons. The zero-order valence-corrected chi connectivity index (χ0v) is 13.6. The molecule has 0 fully saturated rings. The molecule has 2 aliphatic heterocycles. The first-order chi connectivity index (χ1) is 10.9. The minimum Gasteiger partial charge on any atom is -0.478 e. The van der Waals surface area contributed by atoms with Gasteiger partial charge >= 0.3 is 16.2 Å². The zero-order valence-electron chi connectivity index (χ0n) is 12.8. The summed E-state index contributed by atoms with van der Waals surface area (Å²) in [5.74, 6) is -1.04. The van der Waals surface area contributed by atoms with Crippen molar-refractivity contribution in [2.75, 3.05) is 37.4 Å². The Morgan fingerprint density at radius 1 is 1.13 bits per heavy atom. The first kappa shape index (κ1) is 16.0. The third-order valence-electron chi connectivity index (χ3n) is 4.23. The van der Waals surface area contributed by atoms with Gasteiger partial charge in [0.15, 0.2) is 0 Å². The maximum atomic E-state index is 12.5. The molecule has 2 heterocycles. The van der Waals surface area contributed by atoms with E-state index in [0.29, 0.717) is 18.8 Å². The van der Waals surface area contributed by atoms with Crippen LogP contribution < -0.4 is 4.72 Å². The predicted octanol–water partition coefficient (Wildman–Crippen LogP) is 0.989. The van der Waals surface area contributed by atoms with Crippen molar-refractivity contribution in [1.82, 2.24) is 9.21 Å². The highest BCUT2D eigenvalue weighted by Crippen LogP contribution is 2.27. The van der Waals surface area contributed by atoms with Crippen molar-refractivity contribution in [3.8, 4) is 0 Å². The topological polar surface area (TPSA) is 90.0 Å². The molecule has 23 heavy (non-hydrogen) atoms. The van der Waals surface area contributed by atoms with Crippen LogP contribution in [0.2, 0.25) is 0 Å². The maximum Gasteiger partial charge on any atom is 0.335 e. The molecule has 2 aliphatic rings. The van der Waals surface area contributed by atoms with E-state index in [1.807, 2.05) is 0 Å². The Bertz CT molecular complexity index is 737. The van der Waals surface area contributed by atoms with Crippen LogP contribution in [0.3, 0.4) is 0 Å². The van der Waals surface area contributed by atoms with E-state index in [0.717, 1.165) is 19.6 Å². The number of hydrogen-bond donors (Lipinski definition) is 2. The van der Waals surface area contributed by atoms with Gasteiger partial charge < -0.3 is 5.11 Å². The monoisotopic (exact) mass is 337 g/mol. The summed E-state index contributed by atoms with van der Waals surface area (Å²) in [5, 5.41) is 8.86. The Labute approximate surface area is 135 Å². The highest BCUT2D eigenvalue weighted by Gasteiger charge is 2.35. The van der Waals surface area contributed by atoms with E-state index in [2.05, 4.69) is 16.5 Å². The molecule has 0 atom stereocenters. The lowest BCUT2D eigenvalue weighted by atomic mass is 10.2. The maximum absolute atomic E-state index is 12.5. The van der Waals surface area contributed by atoms with Crippen LogP contribution in [0.5, 0.6) is 0 Å². The van der Waals surface area contributed by atoms with Gasteiger partial charge in [-0.1, -0.05) is 6.92 Å². The van der Waals surface area contributed by atoms with Gasteiger partial charge in [0, 0.05) is 31.9 Å². The van der Waals surface area contributed by atoms with Crippen LogP contribution in [0.1, 0.15) is 17.3 Å². The lowest BCUT2D eigenvalue weighted by Crippen LogP contribution is -2.37. The second-order valence-electron chi connectivity index (χ2n) is 5.77. The third kappa shape index (κ3) is 3.24. The minimum absolute atomic E-state index is 0.120. The number of carboxylic acids is 1. The average Bonchev–Trinajstić information content (AvgIpc) is 3.05. The van der Waals surface area contributed by atoms with Gasteiger partial charge in [-0.25, -0.2) is 4.79 Å². The Kier molecular flexibility index (Phi) is 4.13. The van der Waals surface area contributed by atoms with E-state index in [-0.39, 0.29) is 5.56 Å². The number of aromatic carboxylic acids is 1. The Morgan fingerprint density at radius 3 is 2.17 bits per heavy atom. The molecule has 2 N–H and O–H groups in total. The van der Waals surface area contributed by atoms with E-state index < -0.39 is 16.2 Å². The average molecular weight is 337 g/mol. The molecule has 0 spiro atoms. The summed E-state index contributed by atoms with van der Waals surface area (Å²) in [6.07, 6.45) is 0. The molecule has 0 aliphatic carbocycles. The van der Waals surface area contributed by atoms with E-state index in [1.54, 1.807) is 0 Å². The number of benzene rings is 1. The summed E-state index contributed by atoms with van der Waals surface area (Å²) in [4.78, 5) is 13.1. The molecular formula is C15H19N3O4S. The van der Waals surface area contributed by atoms with Crippen molar-refractivity contribution >= 4 is 21.9 Å². The predicted molar refractivity (Wildman–Crippen MR) is 86.7 cm³/mol. The summed E-state index contributed by atoms with van der Waals surface area (Å²) in [6.45, 7) is 5.59. The number of carboxylic acid groups (broad SMARTS) is 1. The van der Waals surface area contributed by atoms with Crippen LogP contribution in [0, 0.1) is 0 Å². The second-order valence-corrected chi connectivity index (χ2v) is 7.44. The highest BCUT2D eigenvalue weighted by atomic mass is 32.2. The molecule has 0 saturated carbocycles. The number of hydrogen-bond acceptors (Lipinski definition) is 4. The first-order valence-electron chi connectivity index (χ1n) is 7.42. The summed E-state index contributed by atoms with van der Waals surface area (Å²) in [7, 11) is -3.64. The molecule has 7 nitrogen and oxygen atoms in total. The molecule has 0 saturated heterocycles. The Hall–Kier alpha value is -1.90. The largest absolute Gasteiger partial charge is 0.478 e. The first-order valence-corrected chi connectivity index (χ1v) is 8.86. The molecule has 1 aromatic rings. The Balaban J connectivity index is 1.66. The van der Waals surface area contributed by atoms with Gasteiger partial charge in [0.25, 0.3) is 0 Å². The van der Waals surface area contributed by atoms with Crippen LogP contribution >= 0.6 is 0 Å². The molecule has 0 bridgehead atoms. The minimum atomic E-state index is -3.64. The Morgan fingerprint density at radius 2 is 1.70 bits per heavy atom. The van der Waals surface area contributed by atoms with Crippen molar-refractivity contribution in [1.29, 1.82) is 0 Å². The number of rotatable bonds is 5. The van der Waals surface area contributed by atoms with E-state index >= 15 is 0 Å². The molecule has 124 valence electrons. The highest BCUT2D eigenvalue weighted by molar-refractivity contribution is 7.90. The number of nitrogens with one attached hydrogen (secondary N) is 1. The molecular weight excluding hydrogens is 318 g/mol. The van der Waals surface area contributed by atoms with Gasteiger partial charge in [0.1, 0.15) is 0 Å². The van der Waals surface area contributed by atoms with Crippen LogP contribution in [0.4, 0.5) is 5.69 Å². The summed E-state index contributed by atoms with van der Waals surface area (Å²) >= 11 is 0. The number of nitrogens with zero attached hydrogens (tertiary/aromatic N) is 2. The third-order valence-corrected chi connectivity index (χ3v) is 5.66. The van der Waals surface area contributed by atoms with E-state index in [4.69, 9.17) is 5.11 Å². The van der Waals surface area contributed by atoms with Gasteiger partial charge in [-0.05, 0) is 42.0 Å². The molecule has 0 aromatic heterocycles. The zero-order chi connectivity index (χ0) is 16.6. The summed E-state index contributed by atoms with van der Waals surface area (Å²) < 4.78 is 28.9. The van der Waals surface area contributed by atoms with Gasteiger partial charge in [-0.2, -0.15) is 12.7 Å². The van der Waals surface area contributed by atoms with Gasteiger partial charge in [0.05, 0.1) is 5.56 Å². The SMILES string of the molecule is CCN1CC2=C(C1)CN(S(=O)(=O)Nc1ccc(C(=O)O)cc1)C2. The molecule has 0 amide bonds. The van der Waals surface area contributed by atoms with Gasteiger partial charge in [0.2, 0.25) is 0 Å². The van der Waals surface area contributed by atoms with Crippen molar-refractivity contribution in [2.45, 2.75) is 6.92 Å². The van der Waals surface area contributed by atoms with Crippen molar-refractivity contribution in [3.05, 3.63) is 41.0 Å². The fourth-order valence-corrected chi connectivity index (χ4v) is 4.13. The van der Waals surface area contributed by atoms with Crippen LogP contribution in [-0.4, -0.2) is 61.4 Å². The molecule has 0 unspecified atom stereocenters. The normalized spacial score (nSPS) is 19.2. The molecule has 8 heteroatoms. The number of carbonyl (C=O) groups is 1. The molecule has 1 aromatic carbocycles. The lowest BCUT2D eigenvalue weighted by Gasteiger charge is -2.22. The lowest BCUT2D eigenvalue weighted by molar-refractivity contribution is 0.0697. The van der Waals surface area contributed by atoms with Gasteiger partial charge in [-0.3, -0.25) is 9.62 Å². The fraction of sp³-hybridized carbons (Fsp3) is 0.400. The second kappa shape index (κ2) is 5.95. The number of anilines is 1. The molecule has 3 rings (SSSR count). The van der Waals surface area contributed by atoms with Crippen molar-refractivity contribution < 1.29 is 18.3 Å². The van der Waals surface area contributed by atoms with E-state index in [1.165, 1.54) is 39.7 Å².